The van der Waals surface area contributed by atoms with Crippen LogP contribution in [0.3, 0.4) is 0 Å². The molecule has 4 nitrogen and oxygen atoms in total. The van der Waals surface area contributed by atoms with Crippen LogP contribution in [-0.4, -0.2) is 31.2 Å². The Morgan fingerprint density at radius 2 is 2.09 bits per heavy atom. The van der Waals surface area contributed by atoms with E-state index in [1.807, 2.05) is 0 Å². The Morgan fingerprint density at radius 3 is 2.73 bits per heavy atom. The smallest absolute Gasteiger partial charge is 0.187 e. The molecule has 60 valence electrons. The number of thiol groups is 1. The first-order chi connectivity index (χ1) is 5.36. The van der Waals surface area contributed by atoms with Gasteiger partial charge in [0.25, 0.3) is 0 Å². The molecule has 0 amide bonds. The van der Waals surface area contributed by atoms with Crippen LogP contribution in [0.4, 0.5) is 0 Å². The van der Waals surface area contributed by atoms with E-state index >= 15 is 0 Å². The minimum absolute atomic E-state index is 0.0961. The van der Waals surface area contributed by atoms with Crippen LogP contribution in [0.1, 0.15) is 0 Å². The zero-order chi connectivity index (χ0) is 7.84. The van der Waals surface area contributed by atoms with Gasteiger partial charge in [-0.05, 0) is 0 Å². The maximum absolute atomic E-state index is 7.18. The van der Waals surface area contributed by atoms with Gasteiger partial charge in [-0.1, -0.05) is 12.6 Å². The van der Waals surface area contributed by atoms with E-state index in [-0.39, 0.29) is 6.29 Å². The molecule has 3 heterocycles. The minimum Gasteiger partial charge on any atom is -0.364 e. The zero-order valence-electron chi connectivity index (χ0n) is 5.64. The SMILES string of the molecule is C1OC2OC2C2OC12.N#CS. The Balaban J connectivity index is 0.000000143. The molecule has 3 rings (SSSR count). The minimum atomic E-state index is 0.0961. The van der Waals surface area contributed by atoms with Gasteiger partial charge >= 0.3 is 0 Å². The third-order valence-corrected chi connectivity index (χ3v) is 1.85. The lowest BCUT2D eigenvalue weighted by Crippen LogP contribution is -2.18. The van der Waals surface area contributed by atoms with Gasteiger partial charge in [0, 0.05) is 0 Å². The molecule has 0 aromatic carbocycles. The number of fused-ring (bicyclic) bond motifs is 3. The van der Waals surface area contributed by atoms with E-state index in [2.05, 4.69) is 12.6 Å². The number of hydrogen-bond donors (Lipinski definition) is 1. The second kappa shape index (κ2) is 2.64. The molecule has 3 aliphatic heterocycles. The van der Waals surface area contributed by atoms with Crippen LogP contribution >= 0.6 is 12.6 Å². The molecule has 4 atom stereocenters. The summed E-state index contributed by atoms with van der Waals surface area (Å²) in [4.78, 5) is 0. The summed E-state index contributed by atoms with van der Waals surface area (Å²) in [6, 6.07) is 0. The molecular formula is C6H7NO3S. The standard InChI is InChI=1S/C5H6O3.CHNS/c1-2-3(7-2)4-5(6-1)8-4;2-1-3/h2-5H,1H2;3H. The summed E-state index contributed by atoms with van der Waals surface area (Å²) in [6.45, 7) is 0.742. The predicted molar refractivity (Wildman–Crippen MR) is 37.9 cm³/mol. The van der Waals surface area contributed by atoms with Crippen LogP contribution in [0.25, 0.3) is 0 Å². The number of ether oxygens (including phenoxy) is 3. The van der Waals surface area contributed by atoms with Crippen molar-refractivity contribution in [2.24, 2.45) is 0 Å². The molecular weight excluding hydrogens is 166 g/mol. The highest BCUT2D eigenvalue weighted by atomic mass is 32.1. The van der Waals surface area contributed by atoms with Crippen LogP contribution in [0.5, 0.6) is 0 Å². The van der Waals surface area contributed by atoms with Gasteiger partial charge in [-0.3, -0.25) is 0 Å². The van der Waals surface area contributed by atoms with E-state index in [9.17, 15) is 0 Å². The predicted octanol–water partition coefficient (Wildman–Crippen LogP) is -0.0938. The second-order valence-corrected chi connectivity index (χ2v) is 2.74. The molecule has 0 N–H and O–H groups in total. The summed E-state index contributed by atoms with van der Waals surface area (Å²) in [6.07, 6.45) is 1.17. The number of epoxide rings is 2. The van der Waals surface area contributed by atoms with Crippen molar-refractivity contribution < 1.29 is 14.2 Å². The number of nitriles is 1. The highest BCUT2D eigenvalue weighted by Gasteiger charge is 2.62. The fourth-order valence-electron chi connectivity index (χ4n) is 1.25. The van der Waals surface area contributed by atoms with Gasteiger partial charge in [0.15, 0.2) is 6.29 Å². The van der Waals surface area contributed by atoms with Crippen molar-refractivity contribution in [3.05, 3.63) is 0 Å². The molecule has 0 bridgehead atoms. The summed E-state index contributed by atoms with van der Waals surface area (Å²) in [5, 5.41) is 8.63. The summed E-state index contributed by atoms with van der Waals surface area (Å²) >= 11 is 3.09. The topological polar surface area (TPSA) is 58.1 Å². The maximum atomic E-state index is 7.18. The zero-order valence-corrected chi connectivity index (χ0v) is 6.53. The average Bonchev–Trinajstić information content (AvgIpc) is 2.83. The number of rotatable bonds is 0. The Labute approximate surface area is 69.4 Å². The lowest BCUT2D eigenvalue weighted by atomic mass is 10.2. The Bertz CT molecular complexity index is 188. The first kappa shape index (κ1) is 7.37. The molecule has 0 aromatic heterocycles. The van der Waals surface area contributed by atoms with Crippen molar-refractivity contribution >= 4 is 12.6 Å². The molecule has 0 spiro atoms. The van der Waals surface area contributed by atoms with Crippen molar-refractivity contribution in [3.63, 3.8) is 0 Å². The van der Waals surface area contributed by atoms with E-state index in [0.29, 0.717) is 18.3 Å². The molecule has 0 saturated carbocycles. The molecule has 0 radical (unpaired) electrons. The molecule has 3 aliphatic rings. The summed E-state index contributed by atoms with van der Waals surface area (Å²) < 4.78 is 15.4. The summed E-state index contributed by atoms with van der Waals surface area (Å²) in [7, 11) is 0. The first-order valence-corrected chi connectivity index (χ1v) is 3.77. The highest BCUT2D eigenvalue weighted by molar-refractivity contribution is 7.85. The molecule has 5 heteroatoms. The van der Waals surface area contributed by atoms with Crippen LogP contribution in [0.15, 0.2) is 0 Å². The van der Waals surface area contributed by atoms with E-state index in [4.69, 9.17) is 19.5 Å². The molecule has 4 unspecified atom stereocenters. The molecule has 0 aliphatic carbocycles. The Kier molecular flexibility index (Phi) is 1.77. The average molecular weight is 173 g/mol. The molecule has 3 saturated heterocycles. The Morgan fingerprint density at radius 1 is 1.36 bits per heavy atom. The number of nitrogens with zero attached hydrogens (tertiary/aromatic N) is 1. The van der Waals surface area contributed by atoms with Gasteiger partial charge in [0.2, 0.25) is 0 Å². The normalized spacial score (nSPS) is 48.7. The van der Waals surface area contributed by atoms with Crippen molar-refractivity contribution in [3.8, 4) is 5.40 Å². The van der Waals surface area contributed by atoms with E-state index in [0.717, 1.165) is 6.61 Å². The molecule has 0 aromatic rings. The fraction of sp³-hybridized carbons (Fsp3) is 0.833. The van der Waals surface area contributed by atoms with Gasteiger partial charge in [-0.15, -0.1) is 0 Å². The van der Waals surface area contributed by atoms with Gasteiger partial charge in [0.05, 0.1) is 6.61 Å². The van der Waals surface area contributed by atoms with Gasteiger partial charge < -0.3 is 14.2 Å². The third-order valence-electron chi connectivity index (χ3n) is 1.85. The van der Waals surface area contributed by atoms with Crippen molar-refractivity contribution in [1.29, 1.82) is 5.26 Å². The van der Waals surface area contributed by atoms with Crippen LogP contribution in [-0.2, 0) is 14.2 Å². The lowest BCUT2D eigenvalue weighted by molar-refractivity contribution is 0.0403. The van der Waals surface area contributed by atoms with Crippen LogP contribution in [0.2, 0.25) is 0 Å². The highest BCUT2D eigenvalue weighted by Crippen LogP contribution is 2.43. The largest absolute Gasteiger partial charge is 0.364 e. The number of thiocyanates is 1. The summed E-state index contributed by atoms with van der Waals surface area (Å²) in [5.41, 5.74) is 0. The van der Waals surface area contributed by atoms with E-state index in [1.54, 1.807) is 0 Å². The van der Waals surface area contributed by atoms with Crippen LogP contribution < -0.4 is 0 Å². The quantitative estimate of drug-likeness (QED) is 0.316. The summed E-state index contributed by atoms with van der Waals surface area (Å²) in [5.74, 6) is 0. The first-order valence-electron chi connectivity index (χ1n) is 3.32. The van der Waals surface area contributed by atoms with Crippen LogP contribution in [0, 0.1) is 10.7 Å². The molecule has 3 fully saturated rings. The third kappa shape index (κ3) is 1.35. The van der Waals surface area contributed by atoms with E-state index in [1.165, 1.54) is 5.40 Å². The van der Waals surface area contributed by atoms with Gasteiger partial charge in [-0.2, -0.15) is 5.26 Å². The van der Waals surface area contributed by atoms with Crippen molar-refractivity contribution in [2.45, 2.75) is 24.6 Å². The van der Waals surface area contributed by atoms with Gasteiger partial charge in [-0.25, -0.2) is 0 Å². The lowest BCUT2D eigenvalue weighted by Gasteiger charge is -1.98. The fourth-order valence-corrected chi connectivity index (χ4v) is 1.25. The monoisotopic (exact) mass is 173 g/mol. The van der Waals surface area contributed by atoms with Crippen molar-refractivity contribution in [1.82, 2.24) is 0 Å². The van der Waals surface area contributed by atoms with Crippen molar-refractivity contribution in [2.75, 3.05) is 6.61 Å². The van der Waals surface area contributed by atoms with Gasteiger partial charge in [0.1, 0.15) is 23.7 Å². The Hall–Kier alpha value is -0.280. The number of hydrogen-bond acceptors (Lipinski definition) is 5. The van der Waals surface area contributed by atoms with E-state index < -0.39 is 0 Å². The maximum Gasteiger partial charge on any atom is 0.187 e. The second-order valence-electron chi connectivity index (χ2n) is 2.54. The molecule has 11 heavy (non-hydrogen) atoms.